The van der Waals surface area contributed by atoms with Crippen LogP contribution in [0.1, 0.15) is 63.5 Å². The number of ether oxygens (including phenoxy) is 1. The third-order valence-electron chi connectivity index (χ3n) is 5.66. The molecule has 0 radical (unpaired) electrons. The molecule has 11 heteroatoms. The SMILES string of the molecule is CCC(CC)OC(=O)c1ccc(C(=O)NS(=O)(=O)c2cccc(CCNC(=O)c3ccc(F)cc3)c2)cn1. The van der Waals surface area contributed by atoms with Crippen LogP contribution in [0.4, 0.5) is 4.39 Å². The van der Waals surface area contributed by atoms with E-state index in [1.165, 1.54) is 54.6 Å². The lowest BCUT2D eigenvalue weighted by Crippen LogP contribution is -2.31. The zero-order chi connectivity index (χ0) is 27.7. The average molecular weight is 542 g/mol. The van der Waals surface area contributed by atoms with Crippen LogP contribution >= 0.6 is 0 Å². The molecular weight excluding hydrogens is 513 g/mol. The van der Waals surface area contributed by atoms with E-state index in [2.05, 4.69) is 10.3 Å². The van der Waals surface area contributed by atoms with Crippen LogP contribution in [0, 0.1) is 5.82 Å². The Kier molecular flexibility index (Phi) is 9.66. The van der Waals surface area contributed by atoms with E-state index in [0.29, 0.717) is 30.4 Å². The fourth-order valence-corrected chi connectivity index (χ4v) is 4.49. The summed E-state index contributed by atoms with van der Waals surface area (Å²) < 4.78 is 45.9. The molecule has 38 heavy (non-hydrogen) atoms. The number of hydrogen-bond acceptors (Lipinski definition) is 7. The minimum Gasteiger partial charge on any atom is -0.458 e. The van der Waals surface area contributed by atoms with Crippen LogP contribution in [0.5, 0.6) is 0 Å². The van der Waals surface area contributed by atoms with E-state index in [0.717, 1.165) is 6.20 Å². The third-order valence-corrected chi connectivity index (χ3v) is 6.99. The number of aromatic nitrogens is 1. The van der Waals surface area contributed by atoms with Gasteiger partial charge in [0.25, 0.3) is 21.8 Å². The first kappa shape index (κ1) is 28.5. The van der Waals surface area contributed by atoms with Crippen LogP contribution in [0.2, 0.25) is 0 Å². The molecular formula is C27H28FN3O6S. The topological polar surface area (TPSA) is 132 Å². The fourth-order valence-electron chi connectivity index (χ4n) is 3.45. The van der Waals surface area contributed by atoms with Crippen molar-refractivity contribution in [3.05, 3.63) is 95.1 Å². The van der Waals surface area contributed by atoms with Crippen molar-refractivity contribution in [2.75, 3.05) is 6.54 Å². The summed E-state index contributed by atoms with van der Waals surface area (Å²) in [4.78, 5) is 40.7. The molecule has 2 N–H and O–H groups in total. The number of hydrogen-bond donors (Lipinski definition) is 2. The molecule has 0 atom stereocenters. The molecule has 0 spiro atoms. The number of nitrogens with one attached hydrogen (secondary N) is 2. The molecule has 0 aliphatic rings. The molecule has 0 bridgehead atoms. The molecule has 0 aliphatic heterocycles. The van der Waals surface area contributed by atoms with E-state index in [-0.39, 0.29) is 34.7 Å². The molecule has 0 unspecified atom stereocenters. The molecule has 1 heterocycles. The highest BCUT2D eigenvalue weighted by atomic mass is 32.2. The molecule has 0 saturated heterocycles. The van der Waals surface area contributed by atoms with Gasteiger partial charge in [-0.1, -0.05) is 26.0 Å². The first-order chi connectivity index (χ1) is 18.1. The Morgan fingerprint density at radius 2 is 1.63 bits per heavy atom. The number of rotatable bonds is 11. The van der Waals surface area contributed by atoms with Crippen molar-refractivity contribution in [2.45, 2.75) is 44.1 Å². The minimum atomic E-state index is -4.21. The monoisotopic (exact) mass is 541 g/mol. The summed E-state index contributed by atoms with van der Waals surface area (Å²) in [7, 11) is -4.21. The second kappa shape index (κ2) is 12.9. The van der Waals surface area contributed by atoms with Crippen LogP contribution in [0.3, 0.4) is 0 Å². The van der Waals surface area contributed by atoms with Gasteiger partial charge in [0.05, 0.1) is 10.5 Å². The van der Waals surface area contributed by atoms with Crippen molar-refractivity contribution in [3.8, 4) is 0 Å². The average Bonchev–Trinajstić information content (AvgIpc) is 2.92. The van der Waals surface area contributed by atoms with E-state index in [9.17, 15) is 27.2 Å². The normalized spacial score (nSPS) is 11.2. The first-order valence-corrected chi connectivity index (χ1v) is 13.5. The van der Waals surface area contributed by atoms with Crippen molar-refractivity contribution >= 4 is 27.8 Å². The predicted octanol–water partition coefficient (Wildman–Crippen LogP) is 3.66. The third kappa shape index (κ3) is 7.69. The van der Waals surface area contributed by atoms with Crippen LogP contribution < -0.4 is 10.0 Å². The molecule has 1 aromatic heterocycles. The highest BCUT2D eigenvalue weighted by Gasteiger charge is 2.21. The molecule has 2 amide bonds. The van der Waals surface area contributed by atoms with Gasteiger partial charge in [-0.05, 0) is 73.4 Å². The number of amides is 2. The number of sulfonamides is 1. The summed E-state index contributed by atoms with van der Waals surface area (Å²) in [6.07, 6.45) is 2.51. The second-order valence-electron chi connectivity index (χ2n) is 8.37. The van der Waals surface area contributed by atoms with Gasteiger partial charge in [0.1, 0.15) is 17.6 Å². The van der Waals surface area contributed by atoms with Crippen LogP contribution in [-0.4, -0.2) is 43.8 Å². The first-order valence-electron chi connectivity index (χ1n) is 12.0. The van der Waals surface area contributed by atoms with E-state index < -0.39 is 27.7 Å². The number of halogens is 1. The van der Waals surface area contributed by atoms with E-state index >= 15 is 0 Å². The summed E-state index contributed by atoms with van der Waals surface area (Å²) in [5.74, 6) is -2.36. The molecule has 200 valence electrons. The van der Waals surface area contributed by atoms with Gasteiger partial charge in [-0.3, -0.25) is 9.59 Å². The number of benzene rings is 2. The van der Waals surface area contributed by atoms with Crippen molar-refractivity contribution < 1.29 is 31.9 Å². The number of carbonyl (C=O) groups excluding carboxylic acids is 3. The Hall–Kier alpha value is -4.12. The summed E-state index contributed by atoms with van der Waals surface area (Å²) >= 11 is 0. The Bertz CT molecular complexity index is 1390. The van der Waals surface area contributed by atoms with Crippen LogP contribution in [-0.2, 0) is 21.2 Å². The standard InChI is InChI=1S/C27H28FN3O6S/c1-3-22(4-2)37-27(34)24-13-10-20(17-30-24)26(33)31-38(35,36)23-7-5-6-18(16-23)14-15-29-25(32)19-8-11-21(28)12-9-19/h5-13,16-17,22H,3-4,14-15H2,1-2H3,(H,29,32)(H,31,33). The molecule has 0 aliphatic carbocycles. The molecule has 9 nitrogen and oxygen atoms in total. The van der Waals surface area contributed by atoms with Crippen molar-refractivity contribution in [3.63, 3.8) is 0 Å². The molecule has 2 aromatic carbocycles. The maximum Gasteiger partial charge on any atom is 0.357 e. The van der Waals surface area contributed by atoms with E-state index in [1.54, 1.807) is 6.07 Å². The van der Waals surface area contributed by atoms with Crippen molar-refractivity contribution in [1.29, 1.82) is 0 Å². The Morgan fingerprint density at radius 3 is 2.26 bits per heavy atom. The Morgan fingerprint density at radius 1 is 0.947 bits per heavy atom. The summed E-state index contributed by atoms with van der Waals surface area (Å²) in [6, 6.07) is 13.6. The fraction of sp³-hybridized carbons (Fsp3) is 0.259. The Labute approximate surface area is 220 Å². The quantitative estimate of drug-likeness (QED) is 0.354. The zero-order valence-corrected chi connectivity index (χ0v) is 21.8. The van der Waals surface area contributed by atoms with E-state index in [1.807, 2.05) is 18.6 Å². The Balaban J connectivity index is 1.59. The van der Waals surface area contributed by atoms with Gasteiger partial charge < -0.3 is 10.1 Å². The van der Waals surface area contributed by atoms with Gasteiger partial charge in [0.2, 0.25) is 0 Å². The second-order valence-corrected chi connectivity index (χ2v) is 10.1. The maximum absolute atomic E-state index is 13.0. The predicted molar refractivity (Wildman–Crippen MR) is 138 cm³/mol. The lowest BCUT2D eigenvalue weighted by atomic mass is 10.1. The van der Waals surface area contributed by atoms with E-state index in [4.69, 9.17) is 4.74 Å². The van der Waals surface area contributed by atoms with Gasteiger partial charge in [0, 0.05) is 18.3 Å². The summed E-state index contributed by atoms with van der Waals surface area (Å²) in [5.41, 5.74) is 0.875. The number of esters is 1. The zero-order valence-electron chi connectivity index (χ0n) is 20.9. The van der Waals surface area contributed by atoms with Gasteiger partial charge in [-0.2, -0.15) is 0 Å². The summed E-state index contributed by atoms with van der Waals surface area (Å²) in [5, 5.41) is 2.69. The van der Waals surface area contributed by atoms with Crippen molar-refractivity contribution in [1.82, 2.24) is 15.0 Å². The molecule has 3 rings (SSSR count). The van der Waals surface area contributed by atoms with Gasteiger partial charge in [-0.15, -0.1) is 0 Å². The van der Waals surface area contributed by atoms with Gasteiger partial charge in [-0.25, -0.2) is 27.3 Å². The van der Waals surface area contributed by atoms with Gasteiger partial charge >= 0.3 is 5.97 Å². The smallest absolute Gasteiger partial charge is 0.357 e. The molecule has 3 aromatic rings. The number of carbonyl (C=O) groups is 3. The lowest BCUT2D eigenvalue weighted by Gasteiger charge is -2.13. The highest BCUT2D eigenvalue weighted by Crippen LogP contribution is 2.14. The maximum atomic E-state index is 13.0. The lowest BCUT2D eigenvalue weighted by molar-refractivity contribution is 0.0277. The van der Waals surface area contributed by atoms with Crippen LogP contribution in [0.15, 0.2) is 71.8 Å². The summed E-state index contributed by atoms with van der Waals surface area (Å²) in [6.45, 7) is 4.00. The minimum absolute atomic E-state index is 0.00975. The largest absolute Gasteiger partial charge is 0.458 e. The number of nitrogens with zero attached hydrogens (tertiary/aromatic N) is 1. The molecule has 0 fully saturated rings. The van der Waals surface area contributed by atoms with Crippen molar-refractivity contribution in [2.24, 2.45) is 0 Å². The number of pyridine rings is 1. The molecule has 0 saturated carbocycles. The highest BCUT2D eigenvalue weighted by molar-refractivity contribution is 7.90. The van der Waals surface area contributed by atoms with Crippen LogP contribution in [0.25, 0.3) is 0 Å². The van der Waals surface area contributed by atoms with Gasteiger partial charge in [0.15, 0.2) is 0 Å².